The van der Waals surface area contributed by atoms with Crippen LogP contribution in [-0.2, 0) is 16.1 Å². The van der Waals surface area contributed by atoms with Gasteiger partial charge >= 0.3 is 11.8 Å². The van der Waals surface area contributed by atoms with Gasteiger partial charge in [-0.3, -0.25) is 14.6 Å². The first-order valence-electron chi connectivity index (χ1n) is 8.06. The van der Waals surface area contributed by atoms with Crippen molar-refractivity contribution in [2.45, 2.75) is 6.54 Å². The van der Waals surface area contributed by atoms with E-state index in [1.165, 1.54) is 13.3 Å². The van der Waals surface area contributed by atoms with Crippen molar-refractivity contribution >= 4 is 18.0 Å². The Labute approximate surface area is 156 Å². The van der Waals surface area contributed by atoms with Gasteiger partial charge in [-0.15, -0.1) is 0 Å². The predicted molar refractivity (Wildman–Crippen MR) is 101 cm³/mol. The maximum Gasteiger partial charge on any atom is 0.329 e. The van der Waals surface area contributed by atoms with Crippen LogP contribution in [0.15, 0.2) is 60.5 Å². The lowest BCUT2D eigenvalue weighted by Crippen LogP contribution is -2.37. The number of nitrogens with zero attached hydrogens (tertiary/aromatic N) is 2. The Hall–Kier alpha value is -3.68. The average molecular weight is 368 g/mol. The minimum Gasteiger partial charge on any atom is -0.493 e. The van der Waals surface area contributed by atoms with Crippen molar-refractivity contribution in [3.63, 3.8) is 0 Å². The van der Waals surface area contributed by atoms with E-state index in [2.05, 4.69) is 27.4 Å². The summed E-state index contributed by atoms with van der Waals surface area (Å²) >= 11 is 0. The van der Waals surface area contributed by atoms with Gasteiger partial charge in [-0.1, -0.05) is 18.7 Å². The van der Waals surface area contributed by atoms with Gasteiger partial charge < -0.3 is 14.8 Å². The summed E-state index contributed by atoms with van der Waals surface area (Å²) < 4.78 is 10.7. The summed E-state index contributed by atoms with van der Waals surface area (Å²) in [6, 6.07) is 8.68. The Morgan fingerprint density at radius 3 is 2.81 bits per heavy atom. The van der Waals surface area contributed by atoms with Crippen molar-refractivity contribution in [1.82, 2.24) is 15.7 Å². The second-order valence-corrected chi connectivity index (χ2v) is 5.25. The zero-order chi connectivity index (χ0) is 19.5. The Morgan fingerprint density at radius 1 is 1.26 bits per heavy atom. The third-order valence-corrected chi connectivity index (χ3v) is 3.31. The molecule has 8 heteroatoms. The standard InChI is InChI=1S/C19H20N4O4/c1-3-9-27-16-7-6-14(10-17(16)26-2)13-22-23-19(25)18(24)21-12-15-5-4-8-20-11-15/h3-8,10-11,13H,1,9,12H2,2H3,(H,21,24)(H,23,25)/b22-13+. The topological polar surface area (TPSA) is 102 Å². The summed E-state index contributed by atoms with van der Waals surface area (Å²) in [7, 11) is 1.52. The molecule has 0 bridgehead atoms. The number of nitrogens with one attached hydrogen (secondary N) is 2. The van der Waals surface area contributed by atoms with E-state index in [1.807, 2.05) is 0 Å². The van der Waals surface area contributed by atoms with Crippen LogP contribution in [0, 0.1) is 0 Å². The molecule has 0 aliphatic rings. The summed E-state index contributed by atoms with van der Waals surface area (Å²) in [6.45, 7) is 4.14. The van der Waals surface area contributed by atoms with E-state index in [1.54, 1.807) is 48.8 Å². The fourth-order valence-corrected chi connectivity index (χ4v) is 2.01. The highest BCUT2D eigenvalue weighted by Gasteiger charge is 2.12. The molecule has 8 nitrogen and oxygen atoms in total. The second kappa shape index (κ2) is 10.3. The number of pyridine rings is 1. The molecule has 0 fully saturated rings. The summed E-state index contributed by atoms with van der Waals surface area (Å²) in [6.07, 6.45) is 6.25. The molecule has 0 spiro atoms. The van der Waals surface area contributed by atoms with Crippen molar-refractivity contribution in [1.29, 1.82) is 0 Å². The molecule has 0 saturated carbocycles. The Morgan fingerprint density at radius 2 is 2.11 bits per heavy atom. The maximum absolute atomic E-state index is 11.7. The van der Waals surface area contributed by atoms with Crippen molar-refractivity contribution in [2.24, 2.45) is 5.10 Å². The number of aromatic nitrogens is 1. The predicted octanol–water partition coefficient (Wildman–Crippen LogP) is 1.42. The van der Waals surface area contributed by atoms with Crippen LogP contribution in [0.25, 0.3) is 0 Å². The number of amides is 2. The van der Waals surface area contributed by atoms with Crippen LogP contribution in [0.1, 0.15) is 11.1 Å². The number of methoxy groups -OCH3 is 1. The van der Waals surface area contributed by atoms with E-state index in [4.69, 9.17) is 9.47 Å². The number of carbonyl (C=O) groups excluding carboxylic acids is 2. The van der Waals surface area contributed by atoms with Gasteiger partial charge in [0, 0.05) is 18.9 Å². The lowest BCUT2D eigenvalue weighted by molar-refractivity contribution is -0.139. The number of hydrogen-bond donors (Lipinski definition) is 2. The highest BCUT2D eigenvalue weighted by molar-refractivity contribution is 6.35. The van der Waals surface area contributed by atoms with Crippen LogP contribution in [0.2, 0.25) is 0 Å². The molecule has 1 aromatic heterocycles. The third-order valence-electron chi connectivity index (χ3n) is 3.31. The van der Waals surface area contributed by atoms with Crippen LogP contribution in [0.4, 0.5) is 0 Å². The SMILES string of the molecule is C=CCOc1ccc(/C=N/NC(=O)C(=O)NCc2cccnc2)cc1OC. The zero-order valence-corrected chi connectivity index (χ0v) is 14.8. The average Bonchev–Trinajstić information content (AvgIpc) is 2.71. The number of hydrogen-bond acceptors (Lipinski definition) is 6. The minimum atomic E-state index is -0.868. The zero-order valence-electron chi connectivity index (χ0n) is 14.8. The Kier molecular flexibility index (Phi) is 7.52. The van der Waals surface area contributed by atoms with E-state index >= 15 is 0 Å². The molecule has 0 atom stereocenters. The second-order valence-electron chi connectivity index (χ2n) is 5.25. The summed E-state index contributed by atoms with van der Waals surface area (Å²) in [5.74, 6) is -0.579. The number of carbonyl (C=O) groups is 2. The van der Waals surface area contributed by atoms with E-state index in [0.29, 0.717) is 23.7 Å². The Bertz CT molecular complexity index is 822. The summed E-state index contributed by atoms with van der Waals surface area (Å²) in [5.41, 5.74) is 3.62. The number of ether oxygens (including phenoxy) is 2. The van der Waals surface area contributed by atoms with Crippen molar-refractivity contribution in [3.05, 3.63) is 66.5 Å². The first kappa shape index (κ1) is 19.6. The fourth-order valence-electron chi connectivity index (χ4n) is 2.01. The largest absolute Gasteiger partial charge is 0.493 e. The van der Waals surface area contributed by atoms with Gasteiger partial charge in [-0.05, 0) is 35.4 Å². The van der Waals surface area contributed by atoms with Crippen molar-refractivity contribution in [2.75, 3.05) is 13.7 Å². The fraction of sp³-hybridized carbons (Fsp3) is 0.158. The summed E-state index contributed by atoms with van der Waals surface area (Å²) in [4.78, 5) is 27.4. The molecule has 0 aliphatic carbocycles. The summed E-state index contributed by atoms with van der Waals surface area (Å²) in [5, 5.41) is 6.26. The van der Waals surface area contributed by atoms with Gasteiger partial charge in [-0.25, -0.2) is 5.43 Å². The van der Waals surface area contributed by atoms with E-state index in [9.17, 15) is 9.59 Å². The molecular formula is C19H20N4O4. The molecule has 0 unspecified atom stereocenters. The van der Waals surface area contributed by atoms with Gasteiger partial charge in [0.25, 0.3) is 0 Å². The molecule has 2 aromatic rings. The smallest absolute Gasteiger partial charge is 0.329 e. The Balaban J connectivity index is 1.87. The lowest BCUT2D eigenvalue weighted by Gasteiger charge is -2.09. The molecule has 2 amide bonds. The van der Waals surface area contributed by atoms with Gasteiger partial charge in [0.1, 0.15) is 6.61 Å². The van der Waals surface area contributed by atoms with Crippen LogP contribution in [0.3, 0.4) is 0 Å². The van der Waals surface area contributed by atoms with E-state index in [-0.39, 0.29) is 6.54 Å². The van der Waals surface area contributed by atoms with Crippen LogP contribution in [-0.4, -0.2) is 36.7 Å². The van der Waals surface area contributed by atoms with Crippen molar-refractivity contribution < 1.29 is 19.1 Å². The first-order valence-corrected chi connectivity index (χ1v) is 8.06. The van der Waals surface area contributed by atoms with Crippen molar-refractivity contribution in [3.8, 4) is 11.5 Å². The maximum atomic E-state index is 11.7. The molecule has 27 heavy (non-hydrogen) atoms. The van der Waals surface area contributed by atoms with Crippen LogP contribution in [0.5, 0.6) is 11.5 Å². The van der Waals surface area contributed by atoms with E-state index < -0.39 is 11.8 Å². The lowest BCUT2D eigenvalue weighted by atomic mass is 10.2. The van der Waals surface area contributed by atoms with Gasteiger partial charge in [-0.2, -0.15) is 5.10 Å². The van der Waals surface area contributed by atoms with E-state index in [0.717, 1.165) is 5.56 Å². The molecule has 140 valence electrons. The number of rotatable bonds is 8. The normalized spacial score (nSPS) is 10.3. The number of hydrazone groups is 1. The molecule has 2 N–H and O–H groups in total. The highest BCUT2D eigenvalue weighted by atomic mass is 16.5. The highest BCUT2D eigenvalue weighted by Crippen LogP contribution is 2.27. The molecule has 1 aromatic carbocycles. The monoisotopic (exact) mass is 368 g/mol. The first-order chi connectivity index (χ1) is 13.1. The molecule has 0 radical (unpaired) electrons. The molecule has 1 heterocycles. The minimum absolute atomic E-state index is 0.202. The van der Waals surface area contributed by atoms with Crippen LogP contribution < -0.4 is 20.2 Å². The van der Waals surface area contributed by atoms with Gasteiger partial charge in [0.15, 0.2) is 11.5 Å². The van der Waals surface area contributed by atoms with Gasteiger partial charge in [0.2, 0.25) is 0 Å². The quantitative estimate of drug-likeness (QED) is 0.318. The molecular weight excluding hydrogens is 348 g/mol. The van der Waals surface area contributed by atoms with Crippen LogP contribution >= 0.6 is 0 Å². The third kappa shape index (κ3) is 6.28. The molecule has 2 rings (SSSR count). The van der Waals surface area contributed by atoms with Gasteiger partial charge in [0.05, 0.1) is 13.3 Å². The molecule has 0 aliphatic heterocycles. The number of benzene rings is 1. The molecule has 0 saturated heterocycles.